The van der Waals surface area contributed by atoms with Crippen LogP contribution in [0.4, 0.5) is 13.2 Å². The molecule has 0 amide bonds. The first kappa shape index (κ1) is 19.4. The lowest BCUT2D eigenvalue weighted by Crippen LogP contribution is -2.40. The van der Waals surface area contributed by atoms with Crippen LogP contribution < -0.4 is 5.32 Å². The first-order valence-electron chi connectivity index (χ1n) is 7.77. The summed E-state index contributed by atoms with van der Waals surface area (Å²) in [4.78, 5) is 13.8. The Bertz CT molecular complexity index is 719. The highest BCUT2D eigenvalue weighted by molar-refractivity contribution is 6.31. The Morgan fingerprint density at radius 3 is 2.40 bits per heavy atom. The van der Waals surface area contributed by atoms with Gasteiger partial charge in [-0.15, -0.1) is 0 Å². The van der Waals surface area contributed by atoms with Gasteiger partial charge in [-0.25, -0.2) is 4.98 Å². The molecule has 3 rings (SSSR count). The molecule has 0 unspecified atom stereocenters. The molecule has 1 aliphatic rings. The summed E-state index contributed by atoms with van der Waals surface area (Å²) in [7, 11) is 1.80. The first-order valence-corrected chi connectivity index (χ1v) is 8.15. The van der Waals surface area contributed by atoms with Crippen LogP contribution in [-0.2, 0) is 6.18 Å². The van der Waals surface area contributed by atoms with Crippen molar-refractivity contribution in [2.24, 2.45) is 0 Å². The maximum Gasteiger partial charge on any atom is 0.416 e. The lowest BCUT2D eigenvalue weighted by Gasteiger charge is -2.38. The monoisotopic (exact) mass is 370 g/mol. The number of hydrogen-bond acceptors (Lipinski definition) is 3. The van der Waals surface area contributed by atoms with Gasteiger partial charge in [-0.1, -0.05) is 29.8 Å². The minimum atomic E-state index is -4.25. The van der Waals surface area contributed by atoms with Gasteiger partial charge in [0.05, 0.1) is 11.1 Å². The molecular formula is C18H18ClF3N2O. The van der Waals surface area contributed by atoms with Gasteiger partial charge >= 0.3 is 6.18 Å². The smallest absolute Gasteiger partial charge is 0.316 e. The molecule has 0 bridgehead atoms. The molecule has 134 valence electrons. The summed E-state index contributed by atoms with van der Waals surface area (Å²) < 4.78 is 38.3. The van der Waals surface area contributed by atoms with E-state index in [0.717, 1.165) is 12.8 Å². The van der Waals surface area contributed by atoms with Crippen LogP contribution in [0.2, 0.25) is 5.15 Å². The average molecular weight is 371 g/mol. The van der Waals surface area contributed by atoms with Gasteiger partial charge in [-0.2, -0.15) is 13.2 Å². The molecule has 1 aliphatic carbocycles. The van der Waals surface area contributed by atoms with Crippen molar-refractivity contribution in [1.82, 2.24) is 10.3 Å². The fraction of sp³-hybridized carbons (Fsp3) is 0.333. The minimum absolute atomic E-state index is 0.00262. The number of nitrogens with one attached hydrogen (secondary N) is 1. The summed E-state index contributed by atoms with van der Waals surface area (Å²) in [5.41, 5.74) is 0.375. The molecule has 0 saturated heterocycles. The predicted molar refractivity (Wildman–Crippen MR) is 90.9 cm³/mol. The van der Waals surface area contributed by atoms with Gasteiger partial charge in [0.25, 0.3) is 0 Å². The molecule has 1 aromatic carbocycles. The Labute approximate surface area is 149 Å². The Morgan fingerprint density at radius 2 is 1.92 bits per heavy atom. The second-order valence-electron chi connectivity index (χ2n) is 5.67. The van der Waals surface area contributed by atoms with Crippen LogP contribution in [0.15, 0.2) is 42.6 Å². The van der Waals surface area contributed by atoms with Crippen molar-refractivity contribution < 1.29 is 18.0 Å². The number of nitrogens with zero attached hydrogens (tertiary/aromatic N) is 1. The van der Waals surface area contributed by atoms with Gasteiger partial charge in [-0.05, 0) is 49.6 Å². The number of carbonyl (C=O) groups is 1. The molecule has 0 aliphatic heterocycles. The Balaban J connectivity index is 0.000000212. The highest BCUT2D eigenvalue weighted by atomic mass is 35.5. The molecule has 0 radical (unpaired) electrons. The lowest BCUT2D eigenvalue weighted by molar-refractivity contribution is -0.138. The SMILES string of the molecule is CN[C@@H]1CC[C@@H]1c1ccccc1C(F)(F)F.O=Cc1cccnc1Cl. The molecule has 7 heteroatoms. The first-order chi connectivity index (χ1) is 11.9. The van der Waals surface area contributed by atoms with Crippen molar-refractivity contribution >= 4 is 17.9 Å². The average Bonchev–Trinajstić information content (AvgIpc) is 2.55. The highest BCUT2D eigenvalue weighted by Gasteiger charge is 2.39. The number of likely N-dealkylation sites (N-methyl/N-ethyl adjacent to an activating group) is 1. The molecule has 25 heavy (non-hydrogen) atoms. The van der Waals surface area contributed by atoms with Crippen molar-refractivity contribution in [1.29, 1.82) is 0 Å². The van der Waals surface area contributed by atoms with E-state index >= 15 is 0 Å². The van der Waals surface area contributed by atoms with Gasteiger partial charge in [0.2, 0.25) is 0 Å². The van der Waals surface area contributed by atoms with Crippen LogP contribution in [0.5, 0.6) is 0 Å². The van der Waals surface area contributed by atoms with Crippen molar-refractivity contribution in [2.45, 2.75) is 31.0 Å². The number of carbonyl (C=O) groups excluding carboxylic acids is 1. The summed E-state index contributed by atoms with van der Waals surface area (Å²) in [6.07, 6.45) is -0.249. The van der Waals surface area contributed by atoms with Gasteiger partial charge < -0.3 is 5.32 Å². The topological polar surface area (TPSA) is 42.0 Å². The number of hydrogen-bond donors (Lipinski definition) is 1. The van der Waals surface area contributed by atoms with E-state index < -0.39 is 11.7 Å². The van der Waals surface area contributed by atoms with Crippen molar-refractivity contribution in [2.75, 3.05) is 7.05 Å². The number of halogens is 4. The quantitative estimate of drug-likeness (QED) is 0.628. The zero-order valence-corrected chi connectivity index (χ0v) is 14.3. The van der Waals surface area contributed by atoms with E-state index in [4.69, 9.17) is 11.6 Å². The Hall–Kier alpha value is -1.92. The second-order valence-corrected chi connectivity index (χ2v) is 6.02. The zero-order valence-electron chi connectivity index (χ0n) is 13.6. The zero-order chi connectivity index (χ0) is 18.4. The van der Waals surface area contributed by atoms with E-state index in [1.54, 1.807) is 31.3 Å². The molecule has 0 spiro atoms. The van der Waals surface area contributed by atoms with E-state index in [1.165, 1.54) is 18.3 Å². The van der Waals surface area contributed by atoms with Gasteiger partial charge in [0, 0.05) is 12.2 Å². The number of aromatic nitrogens is 1. The molecule has 2 aromatic rings. The molecule has 1 aromatic heterocycles. The standard InChI is InChI=1S/C12H14F3N.C6H4ClNO/c1-16-11-7-6-9(11)8-4-2-3-5-10(8)12(13,14)15;7-6-5(4-9)2-1-3-8-6/h2-5,9,11,16H,6-7H2,1H3;1-4H/t9-,11-;/m1./s1. The van der Waals surface area contributed by atoms with E-state index in [9.17, 15) is 18.0 Å². The summed E-state index contributed by atoms with van der Waals surface area (Å²) in [5.74, 6) is 0.00262. The van der Waals surface area contributed by atoms with Gasteiger partial charge in [0.1, 0.15) is 5.15 Å². The van der Waals surface area contributed by atoms with E-state index in [2.05, 4.69) is 10.3 Å². The summed E-state index contributed by atoms with van der Waals surface area (Å²) in [5, 5.41) is 3.32. The van der Waals surface area contributed by atoms with Crippen molar-refractivity contribution in [3.63, 3.8) is 0 Å². The molecule has 2 atom stereocenters. The van der Waals surface area contributed by atoms with Crippen LogP contribution in [0, 0.1) is 0 Å². The summed E-state index contributed by atoms with van der Waals surface area (Å²) >= 11 is 5.48. The minimum Gasteiger partial charge on any atom is -0.316 e. The molecule has 3 nitrogen and oxygen atoms in total. The van der Waals surface area contributed by atoms with Crippen molar-refractivity contribution in [3.8, 4) is 0 Å². The van der Waals surface area contributed by atoms with E-state index in [0.29, 0.717) is 17.4 Å². The fourth-order valence-electron chi connectivity index (χ4n) is 2.78. The summed E-state index contributed by atoms with van der Waals surface area (Å²) in [6, 6.07) is 9.34. The fourth-order valence-corrected chi connectivity index (χ4v) is 2.95. The van der Waals surface area contributed by atoms with Gasteiger partial charge in [-0.3, -0.25) is 4.79 Å². The number of alkyl halides is 3. The number of aldehydes is 1. The van der Waals surface area contributed by atoms with Crippen LogP contribution in [-0.4, -0.2) is 24.4 Å². The largest absolute Gasteiger partial charge is 0.416 e. The second kappa shape index (κ2) is 8.45. The number of pyridine rings is 1. The van der Waals surface area contributed by atoms with Crippen LogP contribution >= 0.6 is 11.6 Å². The summed E-state index contributed by atoms with van der Waals surface area (Å²) in [6.45, 7) is 0. The number of rotatable bonds is 3. The highest BCUT2D eigenvalue weighted by Crippen LogP contribution is 2.42. The third kappa shape index (κ3) is 4.80. The third-order valence-electron chi connectivity index (χ3n) is 4.23. The van der Waals surface area contributed by atoms with Gasteiger partial charge in [0.15, 0.2) is 6.29 Å². The normalized spacial score (nSPS) is 19.4. The van der Waals surface area contributed by atoms with Crippen molar-refractivity contribution in [3.05, 3.63) is 64.4 Å². The maximum atomic E-state index is 12.8. The Morgan fingerprint density at radius 1 is 1.20 bits per heavy atom. The predicted octanol–water partition coefficient (Wildman–Crippen LogP) is 4.72. The Kier molecular flexibility index (Phi) is 6.56. The van der Waals surface area contributed by atoms with E-state index in [1.807, 2.05) is 0 Å². The van der Waals surface area contributed by atoms with Crippen LogP contribution in [0.3, 0.4) is 0 Å². The van der Waals surface area contributed by atoms with Crippen LogP contribution in [0.25, 0.3) is 0 Å². The molecule has 1 fully saturated rings. The maximum absolute atomic E-state index is 12.8. The lowest BCUT2D eigenvalue weighted by atomic mass is 9.73. The molecule has 1 heterocycles. The molecule has 1 saturated carbocycles. The van der Waals surface area contributed by atoms with E-state index in [-0.39, 0.29) is 17.1 Å². The van der Waals surface area contributed by atoms with Crippen LogP contribution in [0.1, 0.15) is 40.2 Å². The molecular weight excluding hydrogens is 353 g/mol. The third-order valence-corrected chi connectivity index (χ3v) is 4.54. The number of benzene rings is 1. The molecule has 1 N–H and O–H groups in total.